The molecule has 1 aromatic rings. The Morgan fingerprint density at radius 3 is 3.09 bits per heavy atom. The molecular formula is C9H10BrN. The fraction of sp³-hybridized carbons (Fsp3) is 0.333. The van der Waals surface area contributed by atoms with Crippen LogP contribution in [0, 0.1) is 0 Å². The van der Waals surface area contributed by atoms with Gasteiger partial charge in [0.1, 0.15) is 0 Å². The van der Waals surface area contributed by atoms with E-state index in [2.05, 4.69) is 39.4 Å². The number of hydrogen-bond acceptors (Lipinski definition) is 1. The molecule has 1 unspecified atom stereocenters. The quantitative estimate of drug-likeness (QED) is 0.752. The summed E-state index contributed by atoms with van der Waals surface area (Å²) in [6, 6.07) is 6.96. The second-order valence-corrected chi connectivity index (χ2v) is 3.71. The smallest absolute Gasteiger partial charge is 0.0362 e. The highest BCUT2D eigenvalue weighted by Gasteiger charge is 2.25. The van der Waals surface area contributed by atoms with Gasteiger partial charge in [-0.1, -0.05) is 28.1 Å². The lowest BCUT2D eigenvalue weighted by Gasteiger charge is -2.30. The molecule has 1 nitrogen and oxygen atoms in total. The molecule has 2 heteroatoms. The Kier molecular flexibility index (Phi) is 1.74. The SMILES string of the molecule is CNC1Cc2c(Br)cccc21. The average Bonchev–Trinajstić information content (AvgIpc) is 1.95. The van der Waals surface area contributed by atoms with Crippen LogP contribution in [0.15, 0.2) is 22.7 Å². The van der Waals surface area contributed by atoms with Crippen LogP contribution in [-0.2, 0) is 6.42 Å². The van der Waals surface area contributed by atoms with E-state index in [9.17, 15) is 0 Å². The van der Waals surface area contributed by atoms with Gasteiger partial charge >= 0.3 is 0 Å². The van der Waals surface area contributed by atoms with Gasteiger partial charge in [-0.05, 0) is 30.7 Å². The predicted octanol–water partition coefficient (Wildman–Crippen LogP) is 2.27. The average molecular weight is 212 g/mol. The zero-order chi connectivity index (χ0) is 7.84. The summed E-state index contributed by atoms with van der Waals surface area (Å²) in [4.78, 5) is 0. The molecular weight excluding hydrogens is 202 g/mol. The van der Waals surface area contributed by atoms with Crippen LogP contribution in [0.3, 0.4) is 0 Å². The van der Waals surface area contributed by atoms with Crippen molar-refractivity contribution in [1.82, 2.24) is 5.32 Å². The van der Waals surface area contributed by atoms with Crippen molar-refractivity contribution in [1.29, 1.82) is 0 Å². The van der Waals surface area contributed by atoms with Gasteiger partial charge in [0.2, 0.25) is 0 Å². The van der Waals surface area contributed by atoms with Gasteiger partial charge < -0.3 is 5.32 Å². The highest BCUT2D eigenvalue weighted by molar-refractivity contribution is 9.10. The van der Waals surface area contributed by atoms with Crippen LogP contribution in [0.1, 0.15) is 17.2 Å². The minimum absolute atomic E-state index is 0.586. The summed E-state index contributed by atoms with van der Waals surface area (Å²) < 4.78 is 1.25. The number of rotatable bonds is 1. The van der Waals surface area contributed by atoms with Gasteiger partial charge in [0, 0.05) is 10.5 Å². The van der Waals surface area contributed by atoms with Crippen molar-refractivity contribution in [2.75, 3.05) is 7.05 Å². The van der Waals surface area contributed by atoms with Crippen LogP contribution in [0.5, 0.6) is 0 Å². The number of nitrogens with one attached hydrogen (secondary N) is 1. The summed E-state index contributed by atoms with van der Waals surface area (Å²) in [5, 5.41) is 3.26. The molecule has 1 N–H and O–H groups in total. The minimum atomic E-state index is 0.586. The molecule has 1 atom stereocenters. The Morgan fingerprint density at radius 1 is 1.55 bits per heavy atom. The van der Waals surface area contributed by atoms with E-state index in [1.165, 1.54) is 15.6 Å². The third kappa shape index (κ3) is 1.01. The third-order valence-electron chi connectivity index (χ3n) is 2.29. The molecule has 0 bridgehead atoms. The van der Waals surface area contributed by atoms with E-state index < -0.39 is 0 Å². The van der Waals surface area contributed by atoms with E-state index in [4.69, 9.17) is 0 Å². The van der Waals surface area contributed by atoms with E-state index in [1.54, 1.807) is 0 Å². The highest BCUT2D eigenvalue weighted by atomic mass is 79.9. The van der Waals surface area contributed by atoms with Gasteiger partial charge in [-0.2, -0.15) is 0 Å². The number of fused-ring (bicyclic) bond motifs is 1. The molecule has 0 saturated heterocycles. The van der Waals surface area contributed by atoms with Gasteiger partial charge in [-0.25, -0.2) is 0 Å². The molecule has 1 aliphatic rings. The molecule has 0 spiro atoms. The van der Waals surface area contributed by atoms with E-state index in [1.807, 2.05) is 7.05 Å². The summed E-state index contributed by atoms with van der Waals surface area (Å²) in [5.74, 6) is 0. The number of likely N-dealkylation sites (N-methyl/N-ethyl adjacent to an activating group) is 1. The van der Waals surface area contributed by atoms with Gasteiger partial charge in [0.15, 0.2) is 0 Å². The van der Waals surface area contributed by atoms with Crippen LogP contribution in [-0.4, -0.2) is 7.05 Å². The maximum Gasteiger partial charge on any atom is 0.0362 e. The minimum Gasteiger partial charge on any atom is -0.313 e. The zero-order valence-corrected chi connectivity index (χ0v) is 7.98. The summed E-state index contributed by atoms with van der Waals surface area (Å²) in [6.45, 7) is 0. The van der Waals surface area contributed by atoms with Gasteiger partial charge in [-0.3, -0.25) is 0 Å². The summed E-state index contributed by atoms with van der Waals surface area (Å²) in [7, 11) is 2.01. The first-order valence-electron chi connectivity index (χ1n) is 3.77. The monoisotopic (exact) mass is 211 g/mol. The Morgan fingerprint density at radius 2 is 2.36 bits per heavy atom. The van der Waals surface area contributed by atoms with Crippen LogP contribution >= 0.6 is 15.9 Å². The van der Waals surface area contributed by atoms with Crippen molar-refractivity contribution in [2.24, 2.45) is 0 Å². The van der Waals surface area contributed by atoms with E-state index >= 15 is 0 Å². The first-order valence-corrected chi connectivity index (χ1v) is 4.57. The molecule has 0 amide bonds. The largest absolute Gasteiger partial charge is 0.313 e. The lowest BCUT2D eigenvalue weighted by atomic mass is 9.83. The van der Waals surface area contributed by atoms with Crippen LogP contribution in [0.2, 0.25) is 0 Å². The maximum absolute atomic E-state index is 3.53. The number of benzene rings is 1. The summed E-state index contributed by atoms with van der Waals surface area (Å²) >= 11 is 3.53. The topological polar surface area (TPSA) is 12.0 Å². The van der Waals surface area contributed by atoms with Crippen LogP contribution in [0.25, 0.3) is 0 Å². The normalized spacial score (nSPS) is 20.7. The molecule has 2 rings (SSSR count). The molecule has 0 radical (unpaired) electrons. The van der Waals surface area contributed by atoms with Crippen LogP contribution in [0.4, 0.5) is 0 Å². The Hall–Kier alpha value is -0.340. The van der Waals surface area contributed by atoms with Crippen LogP contribution < -0.4 is 5.32 Å². The van der Waals surface area contributed by atoms with Crippen molar-refractivity contribution in [2.45, 2.75) is 12.5 Å². The highest BCUT2D eigenvalue weighted by Crippen LogP contribution is 2.37. The van der Waals surface area contributed by atoms with Crippen molar-refractivity contribution in [3.63, 3.8) is 0 Å². The van der Waals surface area contributed by atoms with Crippen molar-refractivity contribution >= 4 is 15.9 Å². The second-order valence-electron chi connectivity index (χ2n) is 2.85. The molecule has 0 aliphatic heterocycles. The molecule has 0 heterocycles. The Labute approximate surface area is 74.9 Å². The Bertz CT molecular complexity index is 283. The van der Waals surface area contributed by atoms with E-state index in [-0.39, 0.29) is 0 Å². The Balaban J connectivity index is 2.41. The maximum atomic E-state index is 3.53. The van der Waals surface area contributed by atoms with Gasteiger partial charge in [-0.15, -0.1) is 0 Å². The molecule has 1 aromatic carbocycles. The third-order valence-corrected chi connectivity index (χ3v) is 3.03. The van der Waals surface area contributed by atoms with E-state index in [0.717, 1.165) is 6.42 Å². The zero-order valence-electron chi connectivity index (χ0n) is 6.39. The molecule has 1 aliphatic carbocycles. The molecule has 58 valence electrons. The molecule has 0 fully saturated rings. The summed E-state index contributed by atoms with van der Waals surface area (Å²) in [5.41, 5.74) is 2.91. The standard InChI is InChI=1S/C9H10BrN/c1-11-9-5-7-6(9)3-2-4-8(7)10/h2-4,9,11H,5H2,1H3. The lowest BCUT2D eigenvalue weighted by Crippen LogP contribution is -2.28. The number of hydrogen-bond donors (Lipinski definition) is 1. The fourth-order valence-electron chi connectivity index (χ4n) is 1.56. The van der Waals surface area contributed by atoms with E-state index in [0.29, 0.717) is 6.04 Å². The number of halogens is 1. The molecule has 0 aromatic heterocycles. The van der Waals surface area contributed by atoms with Crippen molar-refractivity contribution < 1.29 is 0 Å². The second kappa shape index (κ2) is 2.61. The van der Waals surface area contributed by atoms with Gasteiger partial charge in [0.05, 0.1) is 0 Å². The van der Waals surface area contributed by atoms with Gasteiger partial charge in [0.25, 0.3) is 0 Å². The fourth-order valence-corrected chi connectivity index (χ4v) is 2.10. The van der Waals surface area contributed by atoms with Crippen molar-refractivity contribution in [3.05, 3.63) is 33.8 Å². The lowest BCUT2D eigenvalue weighted by molar-refractivity contribution is 0.528. The predicted molar refractivity (Wildman–Crippen MR) is 49.6 cm³/mol. The first-order chi connectivity index (χ1) is 5.33. The first kappa shape index (κ1) is 7.32. The summed E-state index contributed by atoms with van der Waals surface area (Å²) in [6.07, 6.45) is 1.16. The molecule has 0 saturated carbocycles. The van der Waals surface area contributed by atoms with Crippen molar-refractivity contribution in [3.8, 4) is 0 Å². The molecule has 11 heavy (non-hydrogen) atoms.